The molecular formula is C12H19BrN2O4S. The third kappa shape index (κ3) is 2.88. The first-order chi connectivity index (χ1) is 8.57. The van der Waals surface area contributed by atoms with Crippen molar-refractivity contribution in [3.05, 3.63) is 28.8 Å². The van der Waals surface area contributed by atoms with Crippen molar-refractivity contribution in [2.24, 2.45) is 11.5 Å². The van der Waals surface area contributed by atoms with E-state index in [-0.39, 0.29) is 21.9 Å². The van der Waals surface area contributed by atoms with Gasteiger partial charge < -0.3 is 16.6 Å². The van der Waals surface area contributed by atoms with Gasteiger partial charge in [-0.25, -0.2) is 13.2 Å². The number of hydrogen-bond donors (Lipinski definition) is 3. The van der Waals surface area contributed by atoms with Crippen LogP contribution in [-0.4, -0.2) is 30.9 Å². The first-order valence-corrected chi connectivity index (χ1v) is 7.11. The van der Waals surface area contributed by atoms with Gasteiger partial charge in [0.2, 0.25) is 14.7 Å². The summed E-state index contributed by atoms with van der Waals surface area (Å²) in [6, 6.07) is 3.33. The van der Waals surface area contributed by atoms with E-state index in [4.69, 9.17) is 16.6 Å². The Bertz CT molecular complexity index is 607. The minimum atomic E-state index is -4.27. The van der Waals surface area contributed by atoms with E-state index >= 15 is 0 Å². The number of sulfone groups is 1. The quantitative estimate of drug-likeness (QED) is 0.718. The monoisotopic (exact) mass is 366 g/mol. The molecule has 0 radical (unpaired) electrons. The number of aryl methyl sites for hydroxylation is 3. The van der Waals surface area contributed by atoms with Gasteiger partial charge in [0.05, 0.1) is 4.90 Å². The van der Waals surface area contributed by atoms with Crippen LogP contribution in [0.15, 0.2) is 17.0 Å². The van der Waals surface area contributed by atoms with Crippen molar-refractivity contribution in [1.29, 1.82) is 0 Å². The lowest BCUT2D eigenvalue weighted by Crippen LogP contribution is -2.60. The van der Waals surface area contributed by atoms with E-state index in [9.17, 15) is 13.2 Å². The molecule has 6 nitrogen and oxygen atoms in total. The maximum absolute atomic E-state index is 12.5. The Morgan fingerprint density at radius 3 is 1.95 bits per heavy atom. The van der Waals surface area contributed by atoms with Crippen molar-refractivity contribution in [3.63, 3.8) is 0 Å². The van der Waals surface area contributed by atoms with Crippen molar-refractivity contribution in [2.45, 2.75) is 30.5 Å². The smallest absolute Gasteiger partial charge is 0.341 e. The lowest BCUT2D eigenvalue weighted by Gasteiger charge is -2.25. The molecule has 5 N–H and O–H groups in total. The van der Waals surface area contributed by atoms with Crippen LogP contribution in [-0.2, 0) is 14.6 Å². The van der Waals surface area contributed by atoms with Crippen LogP contribution in [0.2, 0.25) is 0 Å². The minimum absolute atomic E-state index is 0. The summed E-state index contributed by atoms with van der Waals surface area (Å²) < 4.78 is 25.0. The average Bonchev–Trinajstić information content (AvgIpc) is 2.25. The molecule has 0 unspecified atom stereocenters. The van der Waals surface area contributed by atoms with Gasteiger partial charge in [0.15, 0.2) is 0 Å². The van der Waals surface area contributed by atoms with Crippen molar-refractivity contribution in [3.8, 4) is 0 Å². The van der Waals surface area contributed by atoms with Gasteiger partial charge in [-0.15, -0.1) is 17.0 Å². The maximum atomic E-state index is 12.5. The first-order valence-electron chi connectivity index (χ1n) is 5.62. The van der Waals surface area contributed by atoms with Crippen LogP contribution < -0.4 is 11.5 Å². The Labute approximate surface area is 128 Å². The Balaban J connectivity index is 0.00000361. The molecule has 0 heterocycles. The zero-order valence-electron chi connectivity index (χ0n) is 11.5. The number of halogens is 1. The highest BCUT2D eigenvalue weighted by Crippen LogP contribution is 2.28. The topological polar surface area (TPSA) is 123 Å². The highest BCUT2D eigenvalue weighted by molar-refractivity contribution is 8.93. The van der Waals surface area contributed by atoms with Gasteiger partial charge in [0.25, 0.3) is 0 Å². The molecule has 8 heteroatoms. The zero-order valence-corrected chi connectivity index (χ0v) is 14.0. The molecule has 1 aromatic carbocycles. The fraction of sp³-hybridized carbons (Fsp3) is 0.417. The van der Waals surface area contributed by atoms with Crippen molar-refractivity contribution < 1.29 is 18.3 Å². The van der Waals surface area contributed by atoms with Gasteiger partial charge in [0.1, 0.15) is 0 Å². The summed E-state index contributed by atoms with van der Waals surface area (Å²) in [5.74, 6) is -1.66. The van der Waals surface area contributed by atoms with Crippen molar-refractivity contribution >= 4 is 32.8 Å². The van der Waals surface area contributed by atoms with Crippen LogP contribution in [0.3, 0.4) is 0 Å². The fourth-order valence-electron chi connectivity index (χ4n) is 2.08. The Hall–Kier alpha value is -0.960. The summed E-state index contributed by atoms with van der Waals surface area (Å²) >= 11 is 0. The van der Waals surface area contributed by atoms with Crippen LogP contribution >= 0.6 is 17.0 Å². The largest absolute Gasteiger partial charge is 0.479 e. The second-order valence-electron chi connectivity index (χ2n) is 4.63. The van der Waals surface area contributed by atoms with Gasteiger partial charge in [-0.2, -0.15) is 0 Å². The SMILES string of the molecule is Br.Cc1cc(C)c(S(=O)(=O)[C@@](N)(CN)C(=O)O)c(C)c1. The molecule has 0 aliphatic rings. The van der Waals surface area contributed by atoms with E-state index in [1.54, 1.807) is 26.0 Å². The van der Waals surface area contributed by atoms with E-state index in [1.807, 2.05) is 6.92 Å². The molecule has 1 aromatic rings. The summed E-state index contributed by atoms with van der Waals surface area (Å²) in [5.41, 5.74) is 12.6. The number of carboxylic acids is 1. The van der Waals surface area contributed by atoms with E-state index < -0.39 is 27.2 Å². The van der Waals surface area contributed by atoms with E-state index in [1.165, 1.54) is 0 Å². The molecule has 0 aliphatic heterocycles. The summed E-state index contributed by atoms with van der Waals surface area (Å²) in [6.45, 7) is 4.33. The predicted molar refractivity (Wildman–Crippen MR) is 81.8 cm³/mol. The number of benzene rings is 1. The second kappa shape index (κ2) is 6.21. The Morgan fingerprint density at radius 1 is 1.25 bits per heavy atom. The highest BCUT2D eigenvalue weighted by Gasteiger charge is 2.48. The third-order valence-corrected chi connectivity index (χ3v) is 5.50. The van der Waals surface area contributed by atoms with Crippen LogP contribution in [0.1, 0.15) is 16.7 Å². The first kappa shape index (κ1) is 19.0. The van der Waals surface area contributed by atoms with E-state index in [2.05, 4.69) is 0 Å². The summed E-state index contributed by atoms with van der Waals surface area (Å²) in [7, 11) is -4.27. The molecule has 1 atom stereocenters. The molecule has 0 fully saturated rings. The molecule has 0 bridgehead atoms. The van der Waals surface area contributed by atoms with Gasteiger partial charge in [0, 0.05) is 6.54 Å². The van der Waals surface area contributed by atoms with E-state index in [0.717, 1.165) is 5.56 Å². The standard InChI is InChI=1S/C12H18N2O4S.BrH/c1-7-4-8(2)10(9(3)5-7)19(17,18)12(14,6-13)11(15)16;/h4-5H,6,13-14H2,1-3H3,(H,15,16);1H/t12-;/m0./s1. The summed E-state index contributed by atoms with van der Waals surface area (Å²) in [4.78, 5) is 8.60. The fourth-order valence-corrected chi connectivity index (χ4v) is 3.86. The summed E-state index contributed by atoms with van der Waals surface area (Å²) in [6.07, 6.45) is 0. The van der Waals surface area contributed by atoms with Crippen LogP contribution in [0.4, 0.5) is 0 Å². The maximum Gasteiger partial charge on any atom is 0.341 e. The molecule has 0 aromatic heterocycles. The summed E-state index contributed by atoms with van der Waals surface area (Å²) in [5, 5.41) is 9.08. The van der Waals surface area contributed by atoms with E-state index in [0.29, 0.717) is 11.1 Å². The number of aliphatic carboxylic acids is 1. The zero-order chi connectivity index (χ0) is 15.0. The van der Waals surface area contributed by atoms with Crippen LogP contribution in [0, 0.1) is 20.8 Å². The lowest BCUT2D eigenvalue weighted by atomic mass is 10.1. The molecule has 0 spiro atoms. The van der Waals surface area contributed by atoms with Crippen molar-refractivity contribution in [2.75, 3.05) is 6.54 Å². The number of carboxylic acid groups (broad SMARTS) is 1. The van der Waals surface area contributed by atoms with Gasteiger partial charge in [-0.3, -0.25) is 0 Å². The molecule has 0 amide bonds. The predicted octanol–water partition coefficient (Wildman–Crippen LogP) is 0.662. The third-order valence-electron chi connectivity index (χ3n) is 3.02. The normalized spacial score (nSPS) is 14.2. The Morgan fingerprint density at radius 2 is 1.65 bits per heavy atom. The van der Waals surface area contributed by atoms with Crippen LogP contribution in [0.25, 0.3) is 0 Å². The van der Waals surface area contributed by atoms with Gasteiger partial charge in [-0.1, -0.05) is 17.7 Å². The highest BCUT2D eigenvalue weighted by atomic mass is 79.9. The minimum Gasteiger partial charge on any atom is -0.479 e. The molecule has 114 valence electrons. The molecule has 20 heavy (non-hydrogen) atoms. The lowest BCUT2D eigenvalue weighted by molar-refractivity contribution is -0.139. The molecule has 0 aliphatic carbocycles. The number of carbonyl (C=O) groups is 1. The van der Waals surface area contributed by atoms with Crippen LogP contribution in [0.5, 0.6) is 0 Å². The second-order valence-corrected chi connectivity index (χ2v) is 6.77. The average molecular weight is 367 g/mol. The Kier molecular flexibility index (Phi) is 5.91. The molecule has 0 saturated heterocycles. The molecule has 0 saturated carbocycles. The molecule has 1 rings (SSSR count). The molecular weight excluding hydrogens is 348 g/mol. The number of rotatable bonds is 4. The number of nitrogens with two attached hydrogens (primary N) is 2. The van der Waals surface area contributed by atoms with Gasteiger partial charge >= 0.3 is 5.97 Å². The van der Waals surface area contributed by atoms with Gasteiger partial charge in [-0.05, 0) is 31.9 Å². The van der Waals surface area contributed by atoms with Crippen molar-refractivity contribution in [1.82, 2.24) is 0 Å². The number of hydrogen-bond acceptors (Lipinski definition) is 5.